The fourth-order valence-electron chi connectivity index (χ4n) is 4.27. The predicted molar refractivity (Wildman–Crippen MR) is 140 cm³/mol. The second-order valence-electron chi connectivity index (χ2n) is 8.25. The number of aliphatic imine (C=N–C) groups is 1. The van der Waals surface area contributed by atoms with Gasteiger partial charge in [-0.05, 0) is 62.4 Å². The van der Waals surface area contributed by atoms with Gasteiger partial charge in [0.25, 0.3) is 5.91 Å². The first-order valence-electron chi connectivity index (χ1n) is 11.3. The van der Waals surface area contributed by atoms with E-state index < -0.39 is 0 Å². The van der Waals surface area contributed by atoms with Gasteiger partial charge >= 0.3 is 0 Å². The van der Waals surface area contributed by atoms with Crippen LogP contribution in [-0.2, 0) is 6.54 Å². The molecule has 2 aliphatic heterocycles. The van der Waals surface area contributed by atoms with Crippen LogP contribution in [0.25, 0.3) is 0 Å². The lowest BCUT2D eigenvalue weighted by atomic mass is 9.97. The molecule has 1 amide bonds. The minimum Gasteiger partial charge on any atom is -0.459 e. The van der Waals surface area contributed by atoms with Crippen molar-refractivity contribution in [3.8, 4) is 0 Å². The average Bonchev–Trinajstić information content (AvgIpc) is 3.52. The average molecular weight is 572 g/mol. The van der Waals surface area contributed by atoms with Crippen molar-refractivity contribution >= 4 is 47.2 Å². The van der Waals surface area contributed by atoms with Gasteiger partial charge in [0.1, 0.15) is 0 Å². The maximum Gasteiger partial charge on any atom is 0.289 e. The summed E-state index contributed by atoms with van der Waals surface area (Å²) in [5.41, 5.74) is 0. The van der Waals surface area contributed by atoms with Crippen molar-refractivity contribution < 1.29 is 9.21 Å². The van der Waals surface area contributed by atoms with E-state index in [-0.39, 0.29) is 29.9 Å². The Morgan fingerprint density at radius 3 is 2.50 bits per heavy atom. The van der Waals surface area contributed by atoms with Crippen LogP contribution in [0, 0.1) is 5.92 Å². The Morgan fingerprint density at radius 2 is 1.88 bits per heavy atom. The van der Waals surface area contributed by atoms with E-state index in [0.29, 0.717) is 24.8 Å². The number of amides is 1. The molecule has 0 aromatic carbocycles. The van der Waals surface area contributed by atoms with Gasteiger partial charge in [0.2, 0.25) is 0 Å². The van der Waals surface area contributed by atoms with Gasteiger partial charge in [-0.2, -0.15) is 0 Å². The fourth-order valence-corrected chi connectivity index (χ4v) is 5.02. The Bertz CT molecular complexity index is 827. The van der Waals surface area contributed by atoms with Crippen molar-refractivity contribution in [3.05, 3.63) is 46.5 Å². The molecule has 0 spiro atoms. The van der Waals surface area contributed by atoms with Gasteiger partial charge < -0.3 is 19.5 Å². The van der Waals surface area contributed by atoms with E-state index in [1.54, 1.807) is 18.4 Å². The van der Waals surface area contributed by atoms with Crippen LogP contribution in [0.4, 0.5) is 0 Å². The number of piperidine rings is 1. The zero-order valence-electron chi connectivity index (χ0n) is 18.7. The first kappa shape index (κ1) is 25.0. The molecule has 4 rings (SSSR count). The van der Waals surface area contributed by atoms with E-state index in [0.717, 1.165) is 51.8 Å². The first-order valence-corrected chi connectivity index (χ1v) is 12.2. The number of nitrogens with one attached hydrogen (secondary N) is 1. The van der Waals surface area contributed by atoms with Gasteiger partial charge in [0.05, 0.1) is 6.26 Å². The molecule has 1 N–H and O–H groups in total. The Morgan fingerprint density at radius 1 is 1.12 bits per heavy atom. The highest BCUT2D eigenvalue weighted by atomic mass is 127. The summed E-state index contributed by atoms with van der Waals surface area (Å²) in [5, 5.41) is 5.61. The molecule has 176 valence electrons. The summed E-state index contributed by atoms with van der Waals surface area (Å²) in [4.78, 5) is 25.6. The van der Waals surface area contributed by atoms with Gasteiger partial charge in [0.15, 0.2) is 11.7 Å². The Labute approximate surface area is 211 Å². The van der Waals surface area contributed by atoms with Crippen molar-refractivity contribution in [3.63, 3.8) is 0 Å². The van der Waals surface area contributed by atoms with Crippen molar-refractivity contribution in [2.75, 3.05) is 52.4 Å². The highest BCUT2D eigenvalue weighted by molar-refractivity contribution is 14.0. The Kier molecular flexibility index (Phi) is 9.86. The Hall–Kier alpha value is -1.59. The van der Waals surface area contributed by atoms with Gasteiger partial charge in [0, 0.05) is 50.7 Å². The van der Waals surface area contributed by atoms with E-state index >= 15 is 0 Å². The maximum absolute atomic E-state index is 12.5. The number of piperazine rings is 1. The minimum absolute atomic E-state index is 0. The first-order chi connectivity index (χ1) is 15.2. The van der Waals surface area contributed by atoms with Gasteiger partial charge in [-0.3, -0.25) is 14.7 Å². The van der Waals surface area contributed by atoms with Crippen LogP contribution >= 0.6 is 35.3 Å². The predicted octanol–water partition coefficient (Wildman–Crippen LogP) is 3.59. The third-order valence-corrected chi connectivity index (χ3v) is 6.96. The smallest absolute Gasteiger partial charge is 0.289 e. The second kappa shape index (κ2) is 12.6. The van der Waals surface area contributed by atoms with Crippen LogP contribution in [0.15, 0.2) is 45.3 Å². The molecule has 0 saturated carbocycles. The normalized spacial score (nSPS) is 18.5. The molecule has 0 radical (unpaired) electrons. The summed E-state index contributed by atoms with van der Waals surface area (Å²) < 4.78 is 5.26. The number of halogens is 1. The molecule has 0 aliphatic carbocycles. The summed E-state index contributed by atoms with van der Waals surface area (Å²) in [5.74, 6) is 2.02. The Balaban J connectivity index is 0.00000289. The molecule has 2 aliphatic rings. The molecule has 32 heavy (non-hydrogen) atoms. The number of nitrogens with zero attached hydrogens (tertiary/aromatic N) is 4. The van der Waals surface area contributed by atoms with Gasteiger partial charge in [-0.1, -0.05) is 6.07 Å². The quantitative estimate of drug-likeness (QED) is 0.326. The number of guanidine groups is 1. The zero-order valence-corrected chi connectivity index (χ0v) is 21.9. The number of likely N-dealkylation sites (tertiary alicyclic amines) is 1. The van der Waals surface area contributed by atoms with Crippen molar-refractivity contribution in [1.29, 1.82) is 0 Å². The number of rotatable bonds is 6. The van der Waals surface area contributed by atoms with Crippen molar-refractivity contribution in [1.82, 2.24) is 20.0 Å². The molecule has 0 atom stereocenters. The number of carbonyl (C=O) groups excluding carboxylic acids is 1. The summed E-state index contributed by atoms with van der Waals surface area (Å²) in [6, 6.07) is 7.85. The lowest BCUT2D eigenvalue weighted by molar-refractivity contribution is 0.0657. The summed E-state index contributed by atoms with van der Waals surface area (Å²) >= 11 is 1.85. The largest absolute Gasteiger partial charge is 0.459 e. The third-order valence-electron chi connectivity index (χ3n) is 6.10. The molecule has 0 unspecified atom stereocenters. The van der Waals surface area contributed by atoms with E-state index in [9.17, 15) is 4.79 Å². The van der Waals surface area contributed by atoms with E-state index in [1.165, 1.54) is 17.7 Å². The van der Waals surface area contributed by atoms with E-state index in [4.69, 9.17) is 9.41 Å². The SMILES string of the molecule is CCNC(=NCC1CCN(Cc2cccs2)CC1)N1CCN(C(=O)c2ccco2)CC1.I. The molecule has 2 aromatic rings. The molecular weight excluding hydrogens is 537 g/mol. The molecule has 2 aromatic heterocycles. The fraction of sp³-hybridized carbons (Fsp3) is 0.565. The van der Waals surface area contributed by atoms with Crippen LogP contribution in [0.1, 0.15) is 35.2 Å². The highest BCUT2D eigenvalue weighted by Gasteiger charge is 2.26. The molecule has 2 saturated heterocycles. The summed E-state index contributed by atoms with van der Waals surface area (Å²) in [6.07, 6.45) is 3.96. The van der Waals surface area contributed by atoms with Crippen LogP contribution in [0.3, 0.4) is 0 Å². The molecule has 2 fully saturated rings. The third kappa shape index (κ3) is 6.71. The molecule has 4 heterocycles. The second-order valence-corrected chi connectivity index (χ2v) is 9.28. The standard InChI is InChI=1S/C23H33N5O2S.HI/c1-2-24-23(28-13-11-27(12-14-28)22(29)21-6-3-15-30-21)25-17-19-7-9-26(10-8-19)18-20-5-4-16-31-20;/h3-6,15-16,19H,2,7-14,17-18H2,1H3,(H,24,25);1H. The maximum atomic E-state index is 12.5. The number of furan rings is 1. The lowest BCUT2D eigenvalue weighted by Crippen LogP contribution is -2.53. The van der Waals surface area contributed by atoms with Crippen LogP contribution in [-0.4, -0.2) is 78.9 Å². The molecule has 0 bridgehead atoms. The summed E-state index contributed by atoms with van der Waals surface area (Å²) in [6.45, 7) is 10.2. The van der Waals surface area contributed by atoms with Gasteiger partial charge in [-0.25, -0.2) is 0 Å². The number of thiophene rings is 1. The minimum atomic E-state index is -0.0269. The number of hydrogen-bond acceptors (Lipinski definition) is 5. The van der Waals surface area contributed by atoms with Crippen LogP contribution < -0.4 is 5.32 Å². The van der Waals surface area contributed by atoms with Crippen LogP contribution in [0.2, 0.25) is 0 Å². The number of hydrogen-bond donors (Lipinski definition) is 1. The highest BCUT2D eigenvalue weighted by Crippen LogP contribution is 2.21. The lowest BCUT2D eigenvalue weighted by Gasteiger charge is -2.36. The monoisotopic (exact) mass is 571 g/mol. The number of carbonyl (C=O) groups is 1. The molecule has 9 heteroatoms. The zero-order chi connectivity index (χ0) is 21.5. The topological polar surface area (TPSA) is 64.3 Å². The van der Waals surface area contributed by atoms with Gasteiger partial charge in [-0.15, -0.1) is 35.3 Å². The van der Waals surface area contributed by atoms with Crippen molar-refractivity contribution in [2.24, 2.45) is 10.9 Å². The van der Waals surface area contributed by atoms with Crippen LogP contribution in [0.5, 0.6) is 0 Å². The molecular formula is C23H34IN5O2S. The van der Waals surface area contributed by atoms with E-state index in [1.807, 2.05) is 16.2 Å². The molecule has 7 nitrogen and oxygen atoms in total. The summed E-state index contributed by atoms with van der Waals surface area (Å²) in [7, 11) is 0. The van der Waals surface area contributed by atoms with E-state index in [2.05, 4.69) is 39.6 Å². The van der Waals surface area contributed by atoms with Crippen molar-refractivity contribution in [2.45, 2.75) is 26.3 Å².